The summed E-state index contributed by atoms with van der Waals surface area (Å²) >= 11 is 0.842. The number of hydrogen-bond donors (Lipinski definition) is 1. The molecule has 0 unspecified atom stereocenters. The summed E-state index contributed by atoms with van der Waals surface area (Å²) in [6.07, 6.45) is 4.36. The molecule has 1 saturated heterocycles. The van der Waals surface area contributed by atoms with Crippen LogP contribution in [-0.4, -0.2) is 41.8 Å². The van der Waals surface area contributed by atoms with Crippen LogP contribution in [0, 0.1) is 5.82 Å². The molecule has 1 N–H and O–H groups in total. The van der Waals surface area contributed by atoms with Crippen LogP contribution in [0.2, 0.25) is 0 Å². The number of ether oxygens (including phenoxy) is 2. The maximum Gasteiger partial charge on any atom is 0.293 e. The van der Waals surface area contributed by atoms with Crippen LogP contribution >= 0.6 is 11.8 Å². The van der Waals surface area contributed by atoms with Crippen LogP contribution in [0.5, 0.6) is 11.5 Å². The number of carbonyl (C=O) groups is 3. The molecule has 158 valence electrons. The minimum atomic E-state index is -0.419. The van der Waals surface area contributed by atoms with E-state index in [1.54, 1.807) is 36.4 Å². The van der Waals surface area contributed by atoms with Crippen LogP contribution < -0.4 is 14.8 Å². The molecule has 0 aromatic heterocycles. The minimum absolute atomic E-state index is 0.0443. The standard InChI is InChI=1S/C22H17FN2O5S/c23-16-3-1-2-14(10-16)5-7-20(26)24-8-9-25-21(27)19(31-22(25)28)12-15-4-6-17-18(11-15)30-13-29-17/h1-7,10-12H,8-9,13H2,(H,24,26)/b7-5+,19-12-. The molecule has 2 aliphatic heterocycles. The van der Waals surface area contributed by atoms with E-state index in [4.69, 9.17) is 9.47 Å². The zero-order valence-electron chi connectivity index (χ0n) is 16.2. The predicted octanol–water partition coefficient (Wildman–Crippen LogP) is 3.42. The van der Waals surface area contributed by atoms with Crippen molar-refractivity contribution < 1.29 is 28.2 Å². The van der Waals surface area contributed by atoms with Crippen molar-refractivity contribution in [2.75, 3.05) is 19.9 Å². The maximum atomic E-state index is 13.1. The van der Waals surface area contributed by atoms with Gasteiger partial charge in [-0.1, -0.05) is 18.2 Å². The summed E-state index contributed by atoms with van der Waals surface area (Å²) in [6.45, 7) is 0.294. The first-order valence-corrected chi connectivity index (χ1v) is 10.2. The van der Waals surface area contributed by atoms with Gasteiger partial charge < -0.3 is 14.8 Å². The van der Waals surface area contributed by atoms with Crippen molar-refractivity contribution in [1.29, 1.82) is 0 Å². The molecule has 1 fully saturated rings. The third-order valence-electron chi connectivity index (χ3n) is 4.48. The second kappa shape index (κ2) is 9.05. The minimum Gasteiger partial charge on any atom is -0.454 e. The van der Waals surface area contributed by atoms with Crippen LogP contribution in [0.15, 0.2) is 53.4 Å². The van der Waals surface area contributed by atoms with E-state index in [0.29, 0.717) is 27.5 Å². The lowest BCUT2D eigenvalue weighted by Gasteiger charge is -2.12. The average molecular weight is 440 g/mol. The highest BCUT2D eigenvalue weighted by Gasteiger charge is 2.34. The molecule has 4 rings (SSSR count). The van der Waals surface area contributed by atoms with E-state index in [1.807, 2.05) is 0 Å². The number of fused-ring (bicyclic) bond motifs is 1. The summed E-state index contributed by atoms with van der Waals surface area (Å²) in [4.78, 5) is 38.1. The highest BCUT2D eigenvalue weighted by Crippen LogP contribution is 2.36. The zero-order valence-corrected chi connectivity index (χ0v) is 17.0. The molecule has 7 nitrogen and oxygen atoms in total. The fraction of sp³-hybridized carbons (Fsp3) is 0.136. The Hall–Kier alpha value is -3.59. The van der Waals surface area contributed by atoms with Gasteiger partial charge in [-0.3, -0.25) is 19.3 Å². The molecule has 0 bridgehead atoms. The number of amides is 3. The topological polar surface area (TPSA) is 84.9 Å². The first-order valence-electron chi connectivity index (χ1n) is 9.36. The van der Waals surface area contributed by atoms with E-state index >= 15 is 0 Å². The van der Waals surface area contributed by atoms with Gasteiger partial charge in [-0.15, -0.1) is 0 Å². The summed E-state index contributed by atoms with van der Waals surface area (Å²) in [5, 5.41) is 2.20. The molecule has 0 spiro atoms. The summed E-state index contributed by atoms with van der Waals surface area (Å²) in [5.74, 6) is -0.00509. The van der Waals surface area contributed by atoms with E-state index in [2.05, 4.69) is 5.32 Å². The maximum absolute atomic E-state index is 13.1. The normalized spacial score (nSPS) is 16.5. The van der Waals surface area contributed by atoms with Crippen LogP contribution in [0.25, 0.3) is 12.2 Å². The van der Waals surface area contributed by atoms with Crippen LogP contribution in [-0.2, 0) is 9.59 Å². The van der Waals surface area contributed by atoms with Gasteiger partial charge in [-0.05, 0) is 59.3 Å². The SMILES string of the molecule is O=C(/C=C/c1cccc(F)c1)NCCN1C(=O)S/C(=C\c2ccc3c(c2)OCO3)C1=O. The van der Waals surface area contributed by atoms with Crippen LogP contribution in [0.4, 0.5) is 9.18 Å². The number of imide groups is 1. The van der Waals surface area contributed by atoms with Crippen molar-refractivity contribution in [3.63, 3.8) is 0 Å². The van der Waals surface area contributed by atoms with Gasteiger partial charge in [0, 0.05) is 19.2 Å². The van der Waals surface area contributed by atoms with Gasteiger partial charge in [0.05, 0.1) is 4.91 Å². The second-order valence-corrected chi connectivity index (χ2v) is 7.62. The molecule has 2 aliphatic rings. The van der Waals surface area contributed by atoms with Crippen molar-refractivity contribution in [2.45, 2.75) is 0 Å². The van der Waals surface area contributed by atoms with Gasteiger partial charge in [0.15, 0.2) is 11.5 Å². The summed E-state index contributed by atoms with van der Waals surface area (Å²) in [7, 11) is 0. The molecule has 31 heavy (non-hydrogen) atoms. The lowest BCUT2D eigenvalue weighted by Crippen LogP contribution is -2.36. The highest BCUT2D eigenvalue weighted by molar-refractivity contribution is 8.18. The predicted molar refractivity (Wildman–Crippen MR) is 114 cm³/mol. The number of carbonyl (C=O) groups excluding carboxylic acids is 3. The van der Waals surface area contributed by atoms with E-state index in [1.165, 1.54) is 24.3 Å². The quantitative estimate of drug-likeness (QED) is 0.693. The Labute approximate surface area is 181 Å². The van der Waals surface area contributed by atoms with Crippen molar-refractivity contribution >= 4 is 41.0 Å². The van der Waals surface area contributed by atoms with Crippen LogP contribution in [0.3, 0.4) is 0 Å². The molecule has 3 amide bonds. The van der Waals surface area contributed by atoms with Gasteiger partial charge in [0.1, 0.15) is 5.82 Å². The largest absolute Gasteiger partial charge is 0.454 e. The average Bonchev–Trinajstić information content (AvgIpc) is 3.31. The van der Waals surface area contributed by atoms with Crippen molar-refractivity contribution in [3.05, 3.63) is 70.4 Å². The van der Waals surface area contributed by atoms with Crippen LogP contribution in [0.1, 0.15) is 11.1 Å². The Bertz CT molecular complexity index is 1110. The van der Waals surface area contributed by atoms with Gasteiger partial charge >= 0.3 is 0 Å². The molecule has 0 saturated carbocycles. The number of halogens is 1. The Morgan fingerprint density at radius 2 is 1.97 bits per heavy atom. The Kier molecular flexibility index (Phi) is 6.03. The summed E-state index contributed by atoms with van der Waals surface area (Å²) in [6, 6.07) is 11.1. The molecule has 0 aliphatic carbocycles. The second-order valence-electron chi connectivity index (χ2n) is 6.63. The number of nitrogens with zero attached hydrogens (tertiary/aromatic N) is 1. The number of rotatable bonds is 6. The number of benzene rings is 2. The number of nitrogens with one attached hydrogen (secondary N) is 1. The molecular formula is C22H17FN2O5S. The summed E-state index contributed by atoms with van der Waals surface area (Å²) in [5.41, 5.74) is 1.26. The smallest absolute Gasteiger partial charge is 0.293 e. The van der Waals surface area contributed by atoms with Gasteiger partial charge in [0.2, 0.25) is 12.7 Å². The number of thioether (sulfide) groups is 1. The van der Waals surface area contributed by atoms with E-state index in [0.717, 1.165) is 16.7 Å². The fourth-order valence-electron chi connectivity index (χ4n) is 2.98. The van der Waals surface area contributed by atoms with Gasteiger partial charge in [-0.25, -0.2) is 4.39 Å². The van der Waals surface area contributed by atoms with E-state index in [-0.39, 0.29) is 19.9 Å². The zero-order chi connectivity index (χ0) is 21.8. The first kappa shape index (κ1) is 20.7. The third-order valence-corrected chi connectivity index (χ3v) is 5.39. The molecule has 0 atom stereocenters. The van der Waals surface area contributed by atoms with Gasteiger partial charge in [-0.2, -0.15) is 0 Å². The monoisotopic (exact) mass is 440 g/mol. The van der Waals surface area contributed by atoms with E-state index in [9.17, 15) is 18.8 Å². The lowest BCUT2D eigenvalue weighted by molar-refractivity contribution is -0.123. The van der Waals surface area contributed by atoms with Crippen molar-refractivity contribution in [1.82, 2.24) is 10.2 Å². The molecule has 2 heterocycles. The Balaban J connectivity index is 1.31. The molecule has 9 heteroatoms. The Morgan fingerprint density at radius 1 is 1.13 bits per heavy atom. The van der Waals surface area contributed by atoms with Crippen molar-refractivity contribution in [3.8, 4) is 11.5 Å². The molecular weight excluding hydrogens is 423 g/mol. The van der Waals surface area contributed by atoms with Crippen molar-refractivity contribution in [2.24, 2.45) is 0 Å². The molecule has 2 aromatic carbocycles. The first-order chi connectivity index (χ1) is 15.0. The number of hydrogen-bond acceptors (Lipinski definition) is 6. The van der Waals surface area contributed by atoms with E-state index < -0.39 is 22.9 Å². The summed E-state index contributed by atoms with van der Waals surface area (Å²) < 4.78 is 23.7. The molecule has 2 aromatic rings. The third kappa shape index (κ3) is 4.95. The molecule has 0 radical (unpaired) electrons. The Morgan fingerprint density at radius 3 is 2.81 bits per heavy atom. The lowest BCUT2D eigenvalue weighted by atomic mass is 10.2. The highest BCUT2D eigenvalue weighted by atomic mass is 32.2. The van der Waals surface area contributed by atoms with Gasteiger partial charge in [0.25, 0.3) is 11.1 Å². The fourth-order valence-corrected chi connectivity index (χ4v) is 3.84.